The van der Waals surface area contributed by atoms with Gasteiger partial charge in [0.2, 0.25) is 11.8 Å². The van der Waals surface area contributed by atoms with Crippen LogP contribution in [0, 0.1) is 0 Å². The van der Waals surface area contributed by atoms with E-state index in [4.69, 9.17) is 4.74 Å². The Bertz CT molecular complexity index is 1280. The first-order chi connectivity index (χ1) is 20.6. The highest BCUT2D eigenvalue weighted by molar-refractivity contribution is 5.78. The number of hydrogen-bond acceptors (Lipinski definition) is 4. The van der Waals surface area contributed by atoms with E-state index in [1.165, 1.54) is 17.5 Å². The molecular formula is C36H45N3O3. The van der Waals surface area contributed by atoms with Gasteiger partial charge in [0, 0.05) is 44.2 Å². The van der Waals surface area contributed by atoms with Gasteiger partial charge in [0.25, 0.3) is 0 Å². The van der Waals surface area contributed by atoms with Gasteiger partial charge in [-0.15, -0.1) is 0 Å². The van der Waals surface area contributed by atoms with Crippen LogP contribution in [-0.2, 0) is 35.5 Å². The predicted octanol–water partition coefficient (Wildman–Crippen LogP) is 5.92. The Labute approximate surface area is 251 Å². The summed E-state index contributed by atoms with van der Waals surface area (Å²) in [6.07, 6.45) is 8.39. The van der Waals surface area contributed by atoms with Crippen LogP contribution in [0.5, 0.6) is 5.75 Å². The second kappa shape index (κ2) is 15.5. The summed E-state index contributed by atoms with van der Waals surface area (Å²) in [7, 11) is 0. The number of carbonyl (C=O) groups is 2. The number of ether oxygens (including phenoxy) is 1. The minimum Gasteiger partial charge on any atom is -0.493 e. The number of nitrogens with one attached hydrogen (secondary N) is 1. The molecule has 2 heterocycles. The van der Waals surface area contributed by atoms with Crippen LogP contribution in [0.4, 0.5) is 0 Å². The number of likely N-dealkylation sites (tertiary alicyclic amines) is 1. The van der Waals surface area contributed by atoms with Crippen molar-refractivity contribution in [3.8, 4) is 5.75 Å². The maximum absolute atomic E-state index is 13.5. The van der Waals surface area contributed by atoms with E-state index in [2.05, 4.69) is 69.7 Å². The molecule has 1 saturated heterocycles. The van der Waals surface area contributed by atoms with E-state index >= 15 is 0 Å². The van der Waals surface area contributed by atoms with Crippen LogP contribution < -0.4 is 10.1 Å². The van der Waals surface area contributed by atoms with E-state index in [0.29, 0.717) is 45.6 Å². The van der Waals surface area contributed by atoms with Gasteiger partial charge in [0.15, 0.2) is 0 Å². The molecule has 2 aliphatic rings. The van der Waals surface area contributed by atoms with Gasteiger partial charge in [-0.3, -0.25) is 14.5 Å². The second-order valence-corrected chi connectivity index (χ2v) is 11.8. The summed E-state index contributed by atoms with van der Waals surface area (Å²) >= 11 is 0. The van der Waals surface area contributed by atoms with Crippen LogP contribution >= 0.6 is 0 Å². The van der Waals surface area contributed by atoms with Gasteiger partial charge in [-0.1, -0.05) is 72.8 Å². The lowest BCUT2D eigenvalue weighted by Gasteiger charge is -2.36. The monoisotopic (exact) mass is 567 g/mol. The molecule has 1 atom stereocenters. The Morgan fingerprint density at radius 2 is 1.62 bits per heavy atom. The van der Waals surface area contributed by atoms with Crippen molar-refractivity contribution in [2.75, 3.05) is 26.2 Å². The summed E-state index contributed by atoms with van der Waals surface area (Å²) in [4.78, 5) is 30.6. The van der Waals surface area contributed by atoms with Crippen molar-refractivity contribution in [2.45, 2.75) is 76.9 Å². The van der Waals surface area contributed by atoms with Crippen LogP contribution in [0.25, 0.3) is 0 Å². The molecule has 1 N–H and O–H groups in total. The van der Waals surface area contributed by atoms with Gasteiger partial charge in [-0.25, -0.2) is 0 Å². The largest absolute Gasteiger partial charge is 0.493 e. The molecule has 3 aromatic carbocycles. The molecule has 5 rings (SSSR count). The third-order valence-corrected chi connectivity index (χ3v) is 8.43. The number of benzene rings is 3. The summed E-state index contributed by atoms with van der Waals surface area (Å²) in [5.74, 6) is 1.18. The molecule has 0 bridgehead atoms. The minimum atomic E-state index is 0.0565. The SMILES string of the molecule is O=C1CN(Cc2ccccc2)Cc2cc(CCC(=O)N3CCCCC3Cc3ccccc3)ccc2OCCCCCN1. The molecule has 0 aromatic heterocycles. The van der Waals surface area contributed by atoms with E-state index in [1.54, 1.807) is 0 Å². The average Bonchev–Trinajstić information content (AvgIpc) is 3.02. The minimum absolute atomic E-state index is 0.0565. The van der Waals surface area contributed by atoms with Crippen molar-refractivity contribution in [1.29, 1.82) is 0 Å². The van der Waals surface area contributed by atoms with E-state index in [9.17, 15) is 9.59 Å². The number of amides is 2. The predicted molar refractivity (Wildman–Crippen MR) is 167 cm³/mol. The van der Waals surface area contributed by atoms with E-state index < -0.39 is 0 Å². The van der Waals surface area contributed by atoms with Gasteiger partial charge in [0.1, 0.15) is 5.75 Å². The molecule has 0 spiro atoms. The zero-order valence-corrected chi connectivity index (χ0v) is 24.8. The molecule has 1 unspecified atom stereocenters. The van der Waals surface area contributed by atoms with E-state index in [1.807, 2.05) is 24.3 Å². The average molecular weight is 568 g/mol. The Hall–Kier alpha value is -3.64. The summed E-state index contributed by atoms with van der Waals surface area (Å²) in [6.45, 7) is 3.82. The normalized spacial score (nSPS) is 18.9. The molecule has 6 heteroatoms. The number of piperidine rings is 1. The van der Waals surface area contributed by atoms with Crippen molar-refractivity contribution in [3.05, 3.63) is 101 Å². The highest BCUT2D eigenvalue weighted by Gasteiger charge is 2.26. The first-order valence-corrected chi connectivity index (χ1v) is 15.7. The summed E-state index contributed by atoms with van der Waals surface area (Å²) in [5, 5.41) is 3.09. The van der Waals surface area contributed by atoms with E-state index in [-0.39, 0.29) is 17.9 Å². The third kappa shape index (κ3) is 8.93. The molecule has 2 amide bonds. The van der Waals surface area contributed by atoms with Crippen LogP contribution in [0.3, 0.4) is 0 Å². The van der Waals surface area contributed by atoms with Gasteiger partial charge >= 0.3 is 0 Å². The lowest BCUT2D eigenvalue weighted by atomic mass is 9.95. The molecule has 0 saturated carbocycles. The molecule has 3 aromatic rings. The molecular weight excluding hydrogens is 522 g/mol. The van der Waals surface area contributed by atoms with Crippen molar-refractivity contribution in [1.82, 2.24) is 15.1 Å². The number of carbonyl (C=O) groups excluding carboxylic acids is 2. The van der Waals surface area contributed by atoms with Gasteiger partial charge in [-0.05, 0) is 74.1 Å². The molecule has 1 fully saturated rings. The second-order valence-electron chi connectivity index (χ2n) is 11.8. The molecule has 2 aliphatic heterocycles. The lowest BCUT2D eigenvalue weighted by molar-refractivity contribution is -0.134. The zero-order valence-electron chi connectivity index (χ0n) is 24.8. The molecule has 42 heavy (non-hydrogen) atoms. The standard InChI is InChI=1S/C36H45N3O3/c40-35-28-38(26-31-14-6-2-7-15-31)27-32-24-30(17-19-34(32)42-23-11-3-9-21-37-35)18-20-36(41)39-22-10-8-16-33(39)25-29-12-4-1-5-13-29/h1-2,4-7,12-15,17,19,24,33H,3,8-11,16,18,20-23,25-28H2,(H,37,40). The van der Waals surface area contributed by atoms with Crippen molar-refractivity contribution in [2.24, 2.45) is 0 Å². The fraction of sp³-hybridized carbons (Fsp3) is 0.444. The smallest absolute Gasteiger partial charge is 0.234 e. The van der Waals surface area contributed by atoms with E-state index in [0.717, 1.165) is 61.9 Å². The van der Waals surface area contributed by atoms with Crippen molar-refractivity contribution in [3.63, 3.8) is 0 Å². The Balaban J connectivity index is 1.29. The first kappa shape index (κ1) is 29.8. The summed E-state index contributed by atoms with van der Waals surface area (Å²) in [6, 6.07) is 27.5. The number of fused-ring (bicyclic) bond motifs is 1. The summed E-state index contributed by atoms with van der Waals surface area (Å²) < 4.78 is 6.27. The maximum atomic E-state index is 13.5. The molecule has 0 radical (unpaired) electrons. The fourth-order valence-corrected chi connectivity index (χ4v) is 6.20. The number of aryl methyl sites for hydroxylation is 1. The van der Waals surface area contributed by atoms with Crippen LogP contribution in [0.2, 0.25) is 0 Å². The Morgan fingerprint density at radius 3 is 2.43 bits per heavy atom. The summed E-state index contributed by atoms with van der Waals surface area (Å²) in [5.41, 5.74) is 4.68. The zero-order chi connectivity index (χ0) is 29.0. The van der Waals surface area contributed by atoms with Crippen LogP contribution in [-0.4, -0.2) is 53.9 Å². The Kier molecular flexibility index (Phi) is 11.0. The van der Waals surface area contributed by atoms with Crippen LogP contribution in [0.1, 0.15) is 67.2 Å². The maximum Gasteiger partial charge on any atom is 0.234 e. The molecule has 222 valence electrons. The number of nitrogens with zero attached hydrogens (tertiary/aromatic N) is 2. The quantitative estimate of drug-likeness (QED) is 0.385. The van der Waals surface area contributed by atoms with Gasteiger partial charge in [-0.2, -0.15) is 0 Å². The van der Waals surface area contributed by atoms with Crippen molar-refractivity contribution < 1.29 is 14.3 Å². The van der Waals surface area contributed by atoms with Gasteiger partial charge < -0.3 is 15.0 Å². The molecule has 6 nitrogen and oxygen atoms in total. The number of rotatable bonds is 7. The van der Waals surface area contributed by atoms with Crippen molar-refractivity contribution >= 4 is 11.8 Å². The van der Waals surface area contributed by atoms with Crippen LogP contribution in [0.15, 0.2) is 78.9 Å². The number of hydrogen-bond donors (Lipinski definition) is 1. The van der Waals surface area contributed by atoms with Gasteiger partial charge in [0.05, 0.1) is 13.2 Å². The lowest BCUT2D eigenvalue weighted by Crippen LogP contribution is -2.45. The third-order valence-electron chi connectivity index (χ3n) is 8.43. The fourth-order valence-electron chi connectivity index (χ4n) is 6.20. The Morgan fingerprint density at radius 1 is 0.833 bits per heavy atom. The first-order valence-electron chi connectivity index (χ1n) is 15.7. The highest BCUT2D eigenvalue weighted by Crippen LogP contribution is 2.26. The molecule has 0 aliphatic carbocycles. The highest BCUT2D eigenvalue weighted by atomic mass is 16.5. The topological polar surface area (TPSA) is 61.9 Å².